The number of methoxy groups -OCH3 is 2. The van der Waals surface area contributed by atoms with Gasteiger partial charge in [-0.25, -0.2) is 4.98 Å². The van der Waals surface area contributed by atoms with Crippen LogP contribution < -0.4 is 19.9 Å². The molecule has 1 aromatic rings. The molecule has 1 heterocycles. The van der Waals surface area contributed by atoms with E-state index in [2.05, 4.69) is 14.5 Å². The molecule has 1 rings (SSSR count). The fraction of sp³-hybridized carbons (Fsp3) is 0.444. The maximum Gasteiger partial charge on any atom is 0.573 e. The number of alkyl halides is 3. The van der Waals surface area contributed by atoms with Gasteiger partial charge in [0.2, 0.25) is 0 Å². The summed E-state index contributed by atoms with van der Waals surface area (Å²) in [5, 5.41) is 0. The van der Waals surface area contributed by atoms with Crippen LogP contribution in [-0.2, 0) is 6.54 Å². The van der Waals surface area contributed by atoms with Crippen molar-refractivity contribution in [2.75, 3.05) is 14.2 Å². The number of aromatic nitrogens is 1. The van der Waals surface area contributed by atoms with Crippen LogP contribution in [0.4, 0.5) is 13.2 Å². The lowest BCUT2D eigenvalue weighted by Crippen LogP contribution is -2.18. The van der Waals surface area contributed by atoms with Crippen molar-refractivity contribution < 1.29 is 27.4 Å². The van der Waals surface area contributed by atoms with Gasteiger partial charge in [0.15, 0.2) is 5.75 Å². The van der Waals surface area contributed by atoms with Gasteiger partial charge in [-0.3, -0.25) is 0 Å². The summed E-state index contributed by atoms with van der Waals surface area (Å²) < 4.78 is 49.6. The van der Waals surface area contributed by atoms with Crippen molar-refractivity contribution in [1.29, 1.82) is 0 Å². The Morgan fingerprint density at radius 2 is 1.88 bits per heavy atom. The van der Waals surface area contributed by atoms with E-state index in [1.54, 1.807) is 0 Å². The molecule has 2 N–H and O–H groups in total. The highest BCUT2D eigenvalue weighted by Gasteiger charge is 2.33. The molecule has 0 aliphatic carbocycles. The lowest BCUT2D eigenvalue weighted by molar-refractivity contribution is -0.275. The number of hydrogen-bond donors (Lipinski definition) is 1. The highest BCUT2D eigenvalue weighted by Crippen LogP contribution is 2.35. The highest BCUT2D eigenvalue weighted by atomic mass is 19.4. The number of hydrogen-bond acceptors (Lipinski definition) is 5. The largest absolute Gasteiger partial charge is 0.573 e. The third kappa shape index (κ3) is 3.38. The summed E-state index contributed by atoms with van der Waals surface area (Å²) in [6.45, 7) is 0.00578. The summed E-state index contributed by atoms with van der Waals surface area (Å²) in [6, 6.07) is 1.03. The maximum absolute atomic E-state index is 12.1. The molecule has 17 heavy (non-hydrogen) atoms. The molecule has 5 nitrogen and oxygen atoms in total. The van der Waals surface area contributed by atoms with Gasteiger partial charge in [0.25, 0.3) is 5.88 Å². The molecular weight excluding hydrogens is 241 g/mol. The van der Waals surface area contributed by atoms with Gasteiger partial charge in [-0.15, -0.1) is 13.2 Å². The lowest BCUT2D eigenvalue weighted by Gasteiger charge is -2.14. The third-order valence-corrected chi connectivity index (χ3v) is 1.83. The Hall–Kier alpha value is -1.70. The van der Waals surface area contributed by atoms with Crippen LogP contribution in [0.3, 0.4) is 0 Å². The molecule has 0 radical (unpaired) electrons. The molecule has 0 unspecified atom stereocenters. The molecule has 1 aromatic heterocycles. The summed E-state index contributed by atoms with van der Waals surface area (Å²) in [4.78, 5) is 3.77. The van der Waals surface area contributed by atoms with E-state index in [0.717, 1.165) is 6.07 Å². The van der Waals surface area contributed by atoms with Gasteiger partial charge < -0.3 is 19.9 Å². The standard InChI is InChI=1S/C9H11F3N2O3/c1-15-6-3-7(17-9(10,11)12)8(16-2)14-5(6)4-13/h3H,4,13H2,1-2H3. The first-order valence-corrected chi connectivity index (χ1v) is 4.49. The van der Waals surface area contributed by atoms with Crippen LogP contribution in [0.2, 0.25) is 0 Å². The zero-order chi connectivity index (χ0) is 13.1. The predicted octanol–water partition coefficient (Wildman–Crippen LogP) is 1.46. The normalized spacial score (nSPS) is 11.2. The second-order valence-electron chi connectivity index (χ2n) is 2.90. The van der Waals surface area contributed by atoms with E-state index in [4.69, 9.17) is 10.5 Å². The van der Waals surface area contributed by atoms with Gasteiger partial charge in [-0.1, -0.05) is 0 Å². The maximum atomic E-state index is 12.1. The summed E-state index contributed by atoms with van der Waals surface area (Å²) in [5.74, 6) is -0.773. The van der Waals surface area contributed by atoms with Crippen molar-refractivity contribution in [1.82, 2.24) is 4.98 Å². The zero-order valence-electron chi connectivity index (χ0n) is 9.17. The molecule has 0 aliphatic heterocycles. The number of pyridine rings is 1. The van der Waals surface area contributed by atoms with E-state index in [-0.39, 0.29) is 23.9 Å². The number of ether oxygens (including phenoxy) is 3. The van der Waals surface area contributed by atoms with Crippen LogP contribution >= 0.6 is 0 Å². The topological polar surface area (TPSA) is 66.6 Å². The quantitative estimate of drug-likeness (QED) is 0.878. The third-order valence-electron chi connectivity index (χ3n) is 1.83. The van der Waals surface area contributed by atoms with E-state index < -0.39 is 12.1 Å². The minimum atomic E-state index is -4.83. The number of nitrogens with zero attached hydrogens (tertiary/aromatic N) is 1. The van der Waals surface area contributed by atoms with Crippen LogP contribution in [0.25, 0.3) is 0 Å². The first-order valence-electron chi connectivity index (χ1n) is 4.49. The average molecular weight is 252 g/mol. The summed E-state index contributed by atoms with van der Waals surface area (Å²) >= 11 is 0. The Morgan fingerprint density at radius 3 is 2.29 bits per heavy atom. The predicted molar refractivity (Wildman–Crippen MR) is 51.9 cm³/mol. The Bertz CT molecular complexity index is 396. The molecule has 0 spiro atoms. The van der Waals surface area contributed by atoms with E-state index >= 15 is 0 Å². The highest BCUT2D eigenvalue weighted by molar-refractivity contribution is 5.43. The van der Waals surface area contributed by atoms with Crippen LogP contribution in [0.15, 0.2) is 6.07 Å². The Kier molecular flexibility index (Phi) is 4.00. The van der Waals surface area contributed by atoms with Gasteiger partial charge in [0.1, 0.15) is 11.4 Å². The SMILES string of the molecule is COc1cc(OC(F)(F)F)c(OC)nc1CN. The summed E-state index contributed by atoms with van der Waals surface area (Å²) in [6.07, 6.45) is -4.83. The first kappa shape index (κ1) is 13.4. The fourth-order valence-corrected chi connectivity index (χ4v) is 1.16. The zero-order valence-corrected chi connectivity index (χ0v) is 9.17. The molecule has 0 saturated heterocycles. The molecule has 0 fully saturated rings. The van der Waals surface area contributed by atoms with E-state index in [1.165, 1.54) is 14.2 Å². The molecule has 0 bridgehead atoms. The molecule has 0 amide bonds. The average Bonchev–Trinajstić information content (AvgIpc) is 2.26. The van der Waals surface area contributed by atoms with Gasteiger partial charge in [-0.05, 0) is 0 Å². The van der Waals surface area contributed by atoms with Crippen molar-refractivity contribution >= 4 is 0 Å². The van der Waals surface area contributed by atoms with Crippen molar-refractivity contribution in [3.63, 3.8) is 0 Å². The van der Waals surface area contributed by atoms with Crippen molar-refractivity contribution in [3.05, 3.63) is 11.8 Å². The summed E-state index contributed by atoms with van der Waals surface area (Å²) in [7, 11) is 2.47. The van der Waals surface area contributed by atoms with E-state index in [1.807, 2.05) is 0 Å². The second kappa shape index (κ2) is 5.09. The summed E-state index contributed by atoms with van der Waals surface area (Å²) in [5.41, 5.74) is 5.64. The number of halogens is 3. The first-order chi connectivity index (χ1) is 7.91. The molecule has 0 atom stereocenters. The van der Waals surface area contributed by atoms with Crippen LogP contribution in [-0.4, -0.2) is 25.6 Å². The Morgan fingerprint density at radius 1 is 1.24 bits per heavy atom. The Balaban J connectivity index is 3.19. The fourth-order valence-electron chi connectivity index (χ4n) is 1.16. The van der Waals surface area contributed by atoms with Gasteiger partial charge in [0.05, 0.1) is 14.2 Å². The molecular formula is C9H11F3N2O3. The van der Waals surface area contributed by atoms with E-state index in [0.29, 0.717) is 0 Å². The second-order valence-corrected chi connectivity index (χ2v) is 2.90. The van der Waals surface area contributed by atoms with Crippen molar-refractivity contribution in [2.45, 2.75) is 12.9 Å². The van der Waals surface area contributed by atoms with Gasteiger partial charge in [-0.2, -0.15) is 0 Å². The number of rotatable bonds is 4. The van der Waals surface area contributed by atoms with Gasteiger partial charge in [0, 0.05) is 12.6 Å². The monoisotopic (exact) mass is 252 g/mol. The van der Waals surface area contributed by atoms with Crippen LogP contribution in [0.5, 0.6) is 17.4 Å². The smallest absolute Gasteiger partial charge is 0.495 e. The molecule has 8 heteroatoms. The molecule has 96 valence electrons. The minimum absolute atomic E-state index is 0.00578. The van der Waals surface area contributed by atoms with E-state index in [9.17, 15) is 13.2 Å². The molecule has 0 aromatic carbocycles. The molecule has 0 aliphatic rings. The van der Waals surface area contributed by atoms with Crippen LogP contribution in [0.1, 0.15) is 5.69 Å². The van der Waals surface area contributed by atoms with Gasteiger partial charge >= 0.3 is 6.36 Å². The number of nitrogens with two attached hydrogens (primary N) is 1. The minimum Gasteiger partial charge on any atom is -0.495 e. The van der Waals surface area contributed by atoms with Crippen molar-refractivity contribution in [3.8, 4) is 17.4 Å². The van der Waals surface area contributed by atoms with Crippen molar-refractivity contribution in [2.24, 2.45) is 5.73 Å². The molecule has 0 saturated carbocycles. The Labute approximate surface area is 95.3 Å². The lowest BCUT2D eigenvalue weighted by atomic mass is 10.3. The van der Waals surface area contributed by atoms with Crippen LogP contribution in [0, 0.1) is 0 Å².